The van der Waals surface area contributed by atoms with Crippen molar-refractivity contribution < 1.29 is 0 Å². The Morgan fingerprint density at radius 1 is 1.53 bits per heavy atom. The van der Waals surface area contributed by atoms with Gasteiger partial charge in [-0.3, -0.25) is 0 Å². The van der Waals surface area contributed by atoms with Gasteiger partial charge in [-0.15, -0.1) is 5.10 Å². The van der Waals surface area contributed by atoms with Gasteiger partial charge in [0.25, 0.3) is 0 Å². The van der Waals surface area contributed by atoms with Gasteiger partial charge in [0.15, 0.2) is 5.65 Å². The molecule has 0 saturated heterocycles. The smallest absolute Gasteiger partial charge is 0.243 e. The Bertz CT molecular complexity index is 494. The molecular weight excluding hydrogens is 232 g/mol. The van der Waals surface area contributed by atoms with Crippen LogP contribution in [0.5, 0.6) is 0 Å². The molecule has 1 N–H and O–H groups in total. The summed E-state index contributed by atoms with van der Waals surface area (Å²) in [5, 5.41) is 7.81. The zero-order valence-corrected chi connectivity index (χ0v) is 11.3. The van der Waals surface area contributed by atoms with Crippen molar-refractivity contribution in [2.24, 2.45) is 0 Å². The highest BCUT2D eigenvalue weighted by Gasteiger charge is 2.10. The van der Waals surface area contributed by atoms with E-state index >= 15 is 0 Å². The average molecular weight is 250 g/mol. The second-order valence-electron chi connectivity index (χ2n) is 4.10. The summed E-state index contributed by atoms with van der Waals surface area (Å²) >= 11 is 1.84. The summed E-state index contributed by atoms with van der Waals surface area (Å²) in [6.07, 6.45) is 5.12. The molecule has 0 bridgehead atoms. The monoisotopic (exact) mass is 250 g/mol. The van der Waals surface area contributed by atoms with E-state index in [1.807, 2.05) is 41.5 Å². The first-order chi connectivity index (χ1) is 8.24. The molecule has 1 atom stereocenters. The number of rotatable bonds is 5. The largest absolute Gasteiger partial charge is 0.349 e. The molecule has 17 heavy (non-hydrogen) atoms. The van der Waals surface area contributed by atoms with Gasteiger partial charge in [-0.05, 0) is 31.2 Å². The Morgan fingerprint density at radius 2 is 2.35 bits per heavy atom. The number of anilines is 1. The molecule has 0 aliphatic heterocycles. The highest BCUT2D eigenvalue weighted by atomic mass is 32.2. The molecule has 2 aromatic rings. The maximum atomic E-state index is 4.51. The Morgan fingerprint density at radius 3 is 3.00 bits per heavy atom. The number of hydrogen-bond acceptors (Lipinski definition) is 4. The lowest BCUT2D eigenvalue weighted by Gasteiger charge is -2.13. The van der Waals surface area contributed by atoms with E-state index in [-0.39, 0.29) is 0 Å². The van der Waals surface area contributed by atoms with Crippen molar-refractivity contribution in [3.8, 4) is 0 Å². The third-order valence-electron chi connectivity index (χ3n) is 2.75. The molecule has 2 aromatic heterocycles. The second-order valence-corrected chi connectivity index (χ2v) is 5.01. The predicted octanol–water partition coefficient (Wildman–Crippen LogP) is 2.59. The first-order valence-corrected chi connectivity index (χ1v) is 7.21. The van der Waals surface area contributed by atoms with E-state index in [4.69, 9.17) is 0 Å². The SMILES string of the molecule is CCC(CSC)Nc1nc2c(C)cccn2n1. The quantitative estimate of drug-likeness (QED) is 0.885. The molecule has 0 saturated carbocycles. The van der Waals surface area contributed by atoms with Gasteiger partial charge in [0.2, 0.25) is 5.95 Å². The number of thioether (sulfide) groups is 1. The Kier molecular flexibility index (Phi) is 3.89. The fourth-order valence-electron chi connectivity index (χ4n) is 1.75. The Balaban J connectivity index is 2.21. The van der Waals surface area contributed by atoms with E-state index in [1.165, 1.54) is 0 Å². The van der Waals surface area contributed by atoms with Crippen molar-refractivity contribution >= 4 is 23.4 Å². The van der Waals surface area contributed by atoms with E-state index in [1.54, 1.807) is 0 Å². The Hall–Kier alpha value is -1.23. The van der Waals surface area contributed by atoms with Crippen molar-refractivity contribution in [3.63, 3.8) is 0 Å². The predicted molar refractivity (Wildman–Crippen MR) is 73.8 cm³/mol. The van der Waals surface area contributed by atoms with E-state index in [2.05, 4.69) is 28.6 Å². The topological polar surface area (TPSA) is 42.2 Å². The summed E-state index contributed by atoms with van der Waals surface area (Å²) in [6.45, 7) is 4.22. The molecule has 1 unspecified atom stereocenters. The lowest BCUT2D eigenvalue weighted by atomic mass is 10.3. The van der Waals surface area contributed by atoms with Crippen LogP contribution < -0.4 is 5.32 Å². The normalized spacial score (nSPS) is 12.9. The number of nitrogens with one attached hydrogen (secondary N) is 1. The molecule has 0 spiro atoms. The van der Waals surface area contributed by atoms with Gasteiger partial charge in [-0.2, -0.15) is 16.7 Å². The van der Waals surface area contributed by atoms with Gasteiger partial charge in [-0.25, -0.2) is 4.52 Å². The number of hydrogen-bond donors (Lipinski definition) is 1. The molecule has 0 amide bonds. The van der Waals surface area contributed by atoms with Crippen molar-refractivity contribution in [2.45, 2.75) is 26.3 Å². The van der Waals surface area contributed by atoms with Crippen LogP contribution in [0.4, 0.5) is 5.95 Å². The van der Waals surface area contributed by atoms with Crippen LogP contribution in [0, 0.1) is 6.92 Å². The van der Waals surface area contributed by atoms with Gasteiger partial charge in [0.1, 0.15) is 0 Å². The standard InChI is InChI=1S/C12H18N4S/c1-4-10(8-17-3)13-12-14-11-9(2)6-5-7-16(11)15-12/h5-7,10H,4,8H2,1-3H3,(H,13,15). The van der Waals surface area contributed by atoms with E-state index in [0.29, 0.717) is 6.04 Å². The summed E-state index contributed by atoms with van der Waals surface area (Å²) < 4.78 is 1.82. The van der Waals surface area contributed by atoms with Gasteiger partial charge in [-0.1, -0.05) is 13.0 Å². The van der Waals surface area contributed by atoms with Gasteiger partial charge >= 0.3 is 0 Å². The summed E-state index contributed by atoms with van der Waals surface area (Å²) in [7, 11) is 0. The van der Waals surface area contributed by atoms with Crippen LogP contribution in [0.1, 0.15) is 18.9 Å². The molecule has 2 rings (SSSR count). The number of pyridine rings is 1. The lowest BCUT2D eigenvalue weighted by molar-refractivity contribution is 0.762. The minimum absolute atomic E-state index is 0.433. The highest BCUT2D eigenvalue weighted by molar-refractivity contribution is 7.98. The summed E-state index contributed by atoms with van der Waals surface area (Å²) in [5.41, 5.74) is 2.07. The number of aryl methyl sites for hydroxylation is 1. The first-order valence-electron chi connectivity index (χ1n) is 5.82. The molecule has 0 aliphatic carbocycles. The van der Waals surface area contributed by atoms with Crippen LogP contribution in [-0.4, -0.2) is 32.6 Å². The molecule has 0 aromatic carbocycles. The third-order valence-corrected chi connectivity index (χ3v) is 3.49. The molecule has 4 nitrogen and oxygen atoms in total. The van der Waals surface area contributed by atoms with Gasteiger partial charge in [0.05, 0.1) is 0 Å². The van der Waals surface area contributed by atoms with Crippen molar-refractivity contribution in [2.75, 3.05) is 17.3 Å². The number of aromatic nitrogens is 3. The van der Waals surface area contributed by atoms with Gasteiger partial charge in [0, 0.05) is 18.0 Å². The van der Waals surface area contributed by atoms with E-state index in [0.717, 1.165) is 29.3 Å². The lowest BCUT2D eigenvalue weighted by Crippen LogP contribution is -2.21. The zero-order valence-electron chi connectivity index (χ0n) is 10.5. The summed E-state index contributed by atoms with van der Waals surface area (Å²) in [6, 6.07) is 4.47. The molecule has 5 heteroatoms. The van der Waals surface area contributed by atoms with E-state index < -0.39 is 0 Å². The second kappa shape index (κ2) is 5.40. The van der Waals surface area contributed by atoms with Crippen LogP contribution in [-0.2, 0) is 0 Å². The van der Waals surface area contributed by atoms with Crippen LogP contribution in [0.3, 0.4) is 0 Å². The molecule has 2 heterocycles. The maximum absolute atomic E-state index is 4.51. The van der Waals surface area contributed by atoms with Gasteiger partial charge < -0.3 is 5.32 Å². The third kappa shape index (κ3) is 2.72. The minimum Gasteiger partial charge on any atom is -0.349 e. The van der Waals surface area contributed by atoms with Crippen LogP contribution in [0.25, 0.3) is 5.65 Å². The molecule has 92 valence electrons. The first kappa shape index (κ1) is 12.2. The van der Waals surface area contributed by atoms with E-state index in [9.17, 15) is 0 Å². The summed E-state index contributed by atoms with van der Waals surface area (Å²) in [4.78, 5) is 4.51. The fraction of sp³-hybridized carbons (Fsp3) is 0.500. The molecule has 0 aliphatic rings. The molecule has 0 fully saturated rings. The summed E-state index contributed by atoms with van der Waals surface area (Å²) in [5.74, 6) is 1.80. The molecular formula is C12H18N4S. The van der Waals surface area contributed by atoms with Crippen LogP contribution in [0.2, 0.25) is 0 Å². The highest BCUT2D eigenvalue weighted by Crippen LogP contribution is 2.12. The average Bonchev–Trinajstić information content (AvgIpc) is 2.72. The number of nitrogens with zero attached hydrogens (tertiary/aromatic N) is 3. The van der Waals surface area contributed by atoms with Crippen LogP contribution >= 0.6 is 11.8 Å². The molecule has 0 radical (unpaired) electrons. The Labute approximate surface area is 106 Å². The number of fused-ring (bicyclic) bond motifs is 1. The fourth-order valence-corrected chi connectivity index (χ4v) is 2.47. The van der Waals surface area contributed by atoms with Crippen LogP contribution in [0.15, 0.2) is 18.3 Å². The maximum Gasteiger partial charge on any atom is 0.243 e. The van der Waals surface area contributed by atoms with Crippen molar-refractivity contribution in [3.05, 3.63) is 23.9 Å². The van der Waals surface area contributed by atoms with Crippen molar-refractivity contribution in [1.82, 2.24) is 14.6 Å². The zero-order chi connectivity index (χ0) is 12.3. The minimum atomic E-state index is 0.433. The van der Waals surface area contributed by atoms with Crippen molar-refractivity contribution in [1.29, 1.82) is 0 Å².